The van der Waals surface area contributed by atoms with Crippen LogP contribution in [0.4, 0.5) is 0 Å². The number of aryl methyl sites for hydroxylation is 1. The van der Waals surface area contributed by atoms with Crippen LogP contribution in [0.3, 0.4) is 0 Å². The molecule has 0 bridgehead atoms. The molecule has 0 saturated heterocycles. The third-order valence-corrected chi connectivity index (χ3v) is 4.59. The van der Waals surface area contributed by atoms with Crippen LogP contribution < -0.4 is 0 Å². The standard InChI is InChI=1S/C18H16BrN/c19-18(15-5-2-1-3-6-15)10-9-14-7-4-8-16-13-20-12-11-17(14)16/h1-8,11-13,18H,9-10H2. The number of pyridine rings is 1. The van der Waals surface area contributed by atoms with Gasteiger partial charge in [0.25, 0.3) is 0 Å². The molecule has 100 valence electrons. The van der Waals surface area contributed by atoms with Crippen molar-refractivity contribution < 1.29 is 0 Å². The molecule has 2 heteroatoms. The second-order valence-electron chi connectivity index (χ2n) is 4.93. The second-order valence-corrected chi connectivity index (χ2v) is 6.04. The maximum absolute atomic E-state index is 4.19. The predicted molar refractivity (Wildman–Crippen MR) is 88.2 cm³/mol. The molecule has 0 aliphatic rings. The summed E-state index contributed by atoms with van der Waals surface area (Å²) in [6, 6.07) is 19.1. The van der Waals surface area contributed by atoms with Gasteiger partial charge in [-0.15, -0.1) is 0 Å². The van der Waals surface area contributed by atoms with E-state index in [2.05, 4.69) is 75.5 Å². The van der Waals surface area contributed by atoms with Crippen molar-refractivity contribution in [3.63, 3.8) is 0 Å². The van der Waals surface area contributed by atoms with Gasteiger partial charge >= 0.3 is 0 Å². The van der Waals surface area contributed by atoms with Gasteiger partial charge in [0.2, 0.25) is 0 Å². The minimum absolute atomic E-state index is 0.404. The first-order valence-electron chi connectivity index (χ1n) is 6.85. The van der Waals surface area contributed by atoms with Gasteiger partial charge in [-0.25, -0.2) is 0 Å². The van der Waals surface area contributed by atoms with Crippen LogP contribution in [0, 0.1) is 0 Å². The molecule has 0 spiro atoms. The Morgan fingerprint density at radius 1 is 0.950 bits per heavy atom. The van der Waals surface area contributed by atoms with Gasteiger partial charge in [0.05, 0.1) is 0 Å². The third-order valence-electron chi connectivity index (χ3n) is 3.60. The molecule has 0 amide bonds. The van der Waals surface area contributed by atoms with Gasteiger partial charge < -0.3 is 0 Å². The fourth-order valence-corrected chi connectivity index (χ4v) is 3.05. The van der Waals surface area contributed by atoms with Crippen molar-refractivity contribution >= 4 is 26.7 Å². The summed E-state index contributed by atoms with van der Waals surface area (Å²) >= 11 is 3.80. The highest BCUT2D eigenvalue weighted by Crippen LogP contribution is 2.29. The Balaban J connectivity index is 1.77. The molecule has 3 aromatic rings. The number of rotatable bonds is 4. The van der Waals surface area contributed by atoms with E-state index in [9.17, 15) is 0 Å². The average molecular weight is 326 g/mol. The molecular formula is C18H16BrN. The molecule has 1 atom stereocenters. The highest BCUT2D eigenvalue weighted by molar-refractivity contribution is 9.09. The predicted octanol–water partition coefficient (Wildman–Crippen LogP) is 5.30. The molecule has 1 aromatic heterocycles. The van der Waals surface area contributed by atoms with Crippen LogP contribution in [0.15, 0.2) is 67.0 Å². The number of benzene rings is 2. The molecule has 0 aliphatic heterocycles. The maximum Gasteiger partial charge on any atom is 0.0398 e. The zero-order chi connectivity index (χ0) is 13.8. The first-order chi connectivity index (χ1) is 9.84. The summed E-state index contributed by atoms with van der Waals surface area (Å²) in [5.74, 6) is 0. The number of fused-ring (bicyclic) bond motifs is 1. The minimum Gasteiger partial charge on any atom is -0.264 e. The average Bonchev–Trinajstić information content (AvgIpc) is 2.53. The lowest BCUT2D eigenvalue weighted by Crippen LogP contribution is -1.94. The molecule has 0 aliphatic carbocycles. The summed E-state index contributed by atoms with van der Waals surface area (Å²) in [6.07, 6.45) is 5.95. The maximum atomic E-state index is 4.19. The summed E-state index contributed by atoms with van der Waals surface area (Å²) in [7, 11) is 0. The van der Waals surface area contributed by atoms with E-state index < -0.39 is 0 Å². The Morgan fingerprint density at radius 3 is 2.65 bits per heavy atom. The van der Waals surface area contributed by atoms with Crippen molar-refractivity contribution in [3.05, 3.63) is 78.1 Å². The summed E-state index contributed by atoms with van der Waals surface area (Å²) in [6.45, 7) is 0. The van der Waals surface area contributed by atoms with Crippen molar-refractivity contribution in [1.29, 1.82) is 0 Å². The van der Waals surface area contributed by atoms with Crippen molar-refractivity contribution in [2.45, 2.75) is 17.7 Å². The lowest BCUT2D eigenvalue weighted by Gasteiger charge is -2.11. The van der Waals surface area contributed by atoms with E-state index in [0.29, 0.717) is 4.83 Å². The Labute approximate surface area is 127 Å². The molecule has 3 rings (SSSR count). The lowest BCUT2D eigenvalue weighted by molar-refractivity contribution is 0.817. The number of aromatic nitrogens is 1. The van der Waals surface area contributed by atoms with Gasteiger partial charge in [0.1, 0.15) is 0 Å². The molecule has 1 nitrogen and oxygen atoms in total. The van der Waals surface area contributed by atoms with E-state index in [1.54, 1.807) is 0 Å². The van der Waals surface area contributed by atoms with Gasteiger partial charge in [0.15, 0.2) is 0 Å². The number of nitrogens with zero attached hydrogens (tertiary/aromatic N) is 1. The van der Waals surface area contributed by atoms with E-state index in [4.69, 9.17) is 0 Å². The molecule has 0 saturated carbocycles. The van der Waals surface area contributed by atoms with E-state index >= 15 is 0 Å². The lowest BCUT2D eigenvalue weighted by atomic mass is 10.00. The van der Waals surface area contributed by atoms with Crippen LogP contribution in [0.1, 0.15) is 22.4 Å². The molecule has 0 N–H and O–H groups in total. The SMILES string of the molecule is BrC(CCc1cccc2cnccc12)c1ccccc1. The summed E-state index contributed by atoms with van der Waals surface area (Å²) in [5.41, 5.74) is 2.74. The summed E-state index contributed by atoms with van der Waals surface area (Å²) < 4.78 is 0. The fourth-order valence-electron chi connectivity index (χ4n) is 2.52. The van der Waals surface area contributed by atoms with Gasteiger partial charge in [-0.3, -0.25) is 4.98 Å². The first kappa shape index (κ1) is 13.3. The summed E-state index contributed by atoms with van der Waals surface area (Å²) in [5, 5.41) is 2.53. The van der Waals surface area contributed by atoms with Gasteiger partial charge in [-0.1, -0.05) is 64.5 Å². The van der Waals surface area contributed by atoms with Crippen LogP contribution in [0.5, 0.6) is 0 Å². The Kier molecular flexibility index (Phi) is 4.12. The molecule has 0 radical (unpaired) electrons. The van der Waals surface area contributed by atoms with Gasteiger partial charge in [-0.05, 0) is 35.4 Å². The van der Waals surface area contributed by atoms with Crippen molar-refractivity contribution in [2.24, 2.45) is 0 Å². The first-order valence-corrected chi connectivity index (χ1v) is 7.77. The highest BCUT2D eigenvalue weighted by Gasteiger charge is 2.08. The molecule has 0 fully saturated rings. The molecule has 2 aromatic carbocycles. The quantitative estimate of drug-likeness (QED) is 0.593. The van der Waals surface area contributed by atoms with Gasteiger partial charge in [0, 0.05) is 22.6 Å². The topological polar surface area (TPSA) is 12.9 Å². The minimum atomic E-state index is 0.404. The van der Waals surface area contributed by atoms with E-state index in [-0.39, 0.29) is 0 Å². The van der Waals surface area contributed by atoms with Crippen LogP contribution in [-0.2, 0) is 6.42 Å². The molecule has 20 heavy (non-hydrogen) atoms. The Morgan fingerprint density at radius 2 is 1.80 bits per heavy atom. The molecule has 1 unspecified atom stereocenters. The third kappa shape index (κ3) is 2.91. The number of hydrogen-bond acceptors (Lipinski definition) is 1. The highest BCUT2D eigenvalue weighted by atomic mass is 79.9. The van der Waals surface area contributed by atoms with Gasteiger partial charge in [-0.2, -0.15) is 0 Å². The zero-order valence-electron chi connectivity index (χ0n) is 11.2. The number of hydrogen-bond donors (Lipinski definition) is 0. The van der Waals surface area contributed by atoms with E-state index in [1.165, 1.54) is 21.9 Å². The Bertz CT molecular complexity index is 689. The zero-order valence-corrected chi connectivity index (χ0v) is 12.8. The monoisotopic (exact) mass is 325 g/mol. The number of halogens is 1. The van der Waals surface area contributed by atoms with E-state index in [0.717, 1.165) is 12.8 Å². The van der Waals surface area contributed by atoms with Crippen LogP contribution in [-0.4, -0.2) is 4.98 Å². The van der Waals surface area contributed by atoms with Crippen LogP contribution in [0.25, 0.3) is 10.8 Å². The Hall–Kier alpha value is -1.67. The molecular weight excluding hydrogens is 310 g/mol. The molecule has 1 heterocycles. The normalized spacial score (nSPS) is 12.4. The largest absolute Gasteiger partial charge is 0.264 e. The van der Waals surface area contributed by atoms with Crippen molar-refractivity contribution in [2.75, 3.05) is 0 Å². The smallest absolute Gasteiger partial charge is 0.0398 e. The number of alkyl halides is 1. The summed E-state index contributed by atoms with van der Waals surface area (Å²) in [4.78, 5) is 4.59. The van der Waals surface area contributed by atoms with Crippen LogP contribution in [0.2, 0.25) is 0 Å². The van der Waals surface area contributed by atoms with Crippen molar-refractivity contribution in [1.82, 2.24) is 4.98 Å². The fraction of sp³-hybridized carbons (Fsp3) is 0.167. The van der Waals surface area contributed by atoms with E-state index in [1.807, 2.05) is 12.4 Å². The van der Waals surface area contributed by atoms with Crippen LogP contribution >= 0.6 is 15.9 Å². The van der Waals surface area contributed by atoms with Crippen molar-refractivity contribution in [3.8, 4) is 0 Å². The second kappa shape index (κ2) is 6.19.